The Labute approximate surface area is 129 Å². The molecule has 0 atom stereocenters. The predicted molar refractivity (Wildman–Crippen MR) is 43.3 cm³/mol. The molecule has 0 spiro atoms. The van der Waals surface area contributed by atoms with Gasteiger partial charge in [0.25, 0.3) is 0 Å². The Morgan fingerprint density at radius 3 is 0.769 bits per heavy atom. The van der Waals surface area contributed by atoms with Gasteiger partial charge in [0.2, 0.25) is 0 Å². The first-order valence-electron chi connectivity index (χ1n) is 5.09. The molecule has 0 aromatic carbocycles. The maximum atomic E-state index is 12.5. The van der Waals surface area contributed by atoms with Crippen molar-refractivity contribution in [1.82, 2.24) is 0 Å². The van der Waals surface area contributed by atoms with Crippen LogP contribution in [0.1, 0.15) is 0 Å². The highest BCUT2D eigenvalue weighted by Gasteiger charge is 2.77. The minimum Gasteiger partial charge on any atom is -0.397 e. The Kier molecular flexibility index (Phi) is 5.99. The van der Waals surface area contributed by atoms with Crippen molar-refractivity contribution in [2.75, 3.05) is 0 Å². The van der Waals surface area contributed by atoms with Crippen LogP contribution in [0.3, 0.4) is 0 Å². The SMILES string of the molecule is FC(OC(F)(F)C(F)(F)C(F)(F)F)=C(F)OC(F)(F)C(F)(F)C(F)(F)F. The number of alkyl halides is 14. The Morgan fingerprint density at radius 2 is 0.615 bits per heavy atom. The zero-order valence-electron chi connectivity index (χ0n) is 10.9. The van der Waals surface area contributed by atoms with E-state index in [1.165, 1.54) is 0 Å². The molecule has 0 N–H and O–H groups in total. The van der Waals surface area contributed by atoms with Crippen molar-refractivity contribution in [3.63, 3.8) is 0 Å². The van der Waals surface area contributed by atoms with E-state index >= 15 is 0 Å². The van der Waals surface area contributed by atoms with Gasteiger partial charge in [0.05, 0.1) is 0 Å². The molecule has 0 aliphatic rings. The third-order valence-electron chi connectivity index (χ3n) is 2.03. The number of rotatable bonds is 6. The first-order chi connectivity index (χ1) is 11.0. The van der Waals surface area contributed by atoms with Crippen LogP contribution in [0.4, 0.5) is 70.2 Å². The summed E-state index contributed by atoms with van der Waals surface area (Å²) in [5, 5.41) is 0. The summed E-state index contributed by atoms with van der Waals surface area (Å²) in [6.07, 6.45) is -28.4. The van der Waals surface area contributed by atoms with Crippen LogP contribution in [0.15, 0.2) is 12.0 Å². The van der Waals surface area contributed by atoms with Crippen molar-refractivity contribution in [3.8, 4) is 0 Å². The first kappa shape index (κ1) is 24.2. The van der Waals surface area contributed by atoms with Gasteiger partial charge in [0.1, 0.15) is 0 Å². The molecule has 0 radical (unpaired) electrons. The Bertz CT molecular complexity index is 491. The second-order valence-electron chi connectivity index (χ2n) is 3.93. The summed E-state index contributed by atoms with van der Waals surface area (Å²) in [7, 11) is 0. The molecule has 0 heterocycles. The second-order valence-corrected chi connectivity index (χ2v) is 3.93. The lowest BCUT2D eigenvalue weighted by Gasteiger charge is -2.28. The number of hydrogen-bond acceptors (Lipinski definition) is 2. The molecular weight excluding hydrogens is 432 g/mol. The van der Waals surface area contributed by atoms with Gasteiger partial charge in [-0.05, 0) is 0 Å². The molecule has 0 fully saturated rings. The molecule has 0 aromatic rings. The highest BCUT2D eigenvalue weighted by Crippen LogP contribution is 2.50. The average molecular weight is 432 g/mol. The van der Waals surface area contributed by atoms with E-state index < -0.39 is 48.4 Å². The second kappa shape index (κ2) is 6.43. The smallest absolute Gasteiger partial charge is 0.397 e. The molecule has 0 aliphatic heterocycles. The molecule has 0 bridgehead atoms. The summed E-state index contributed by atoms with van der Waals surface area (Å²) in [5.74, 6) is -14.5. The summed E-state index contributed by atoms with van der Waals surface area (Å²) in [6, 6.07) is -8.42. The normalized spacial score (nSPS) is 16.3. The number of hydrogen-bond donors (Lipinski definition) is 0. The molecule has 0 rings (SSSR count). The third kappa shape index (κ3) is 4.30. The maximum absolute atomic E-state index is 12.5. The maximum Gasteiger partial charge on any atom is 0.476 e. The van der Waals surface area contributed by atoms with Gasteiger partial charge in [0, 0.05) is 0 Å². The van der Waals surface area contributed by atoms with E-state index in [1.807, 2.05) is 0 Å². The van der Waals surface area contributed by atoms with E-state index in [0.717, 1.165) is 0 Å². The molecule has 0 saturated carbocycles. The van der Waals surface area contributed by atoms with Gasteiger partial charge in [-0.3, -0.25) is 0 Å². The molecule has 18 heteroatoms. The lowest BCUT2D eigenvalue weighted by Crippen LogP contribution is -2.53. The number of halogens is 16. The summed E-state index contributed by atoms with van der Waals surface area (Å²) in [6.45, 7) is 0. The Morgan fingerprint density at radius 1 is 0.423 bits per heavy atom. The van der Waals surface area contributed by atoms with Gasteiger partial charge in [-0.2, -0.15) is 70.2 Å². The van der Waals surface area contributed by atoms with Crippen LogP contribution in [-0.4, -0.2) is 36.4 Å². The fourth-order valence-corrected chi connectivity index (χ4v) is 0.764. The van der Waals surface area contributed by atoms with E-state index in [4.69, 9.17) is 0 Å². The Balaban J connectivity index is 5.66. The zero-order valence-corrected chi connectivity index (χ0v) is 10.9. The minimum absolute atomic E-state index is 1.79. The fourth-order valence-electron chi connectivity index (χ4n) is 0.764. The molecule has 2 nitrogen and oxygen atoms in total. The summed E-state index contributed by atoms with van der Waals surface area (Å²) in [4.78, 5) is 0. The largest absolute Gasteiger partial charge is 0.476 e. The van der Waals surface area contributed by atoms with Crippen molar-refractivity contribution < 1.29 is 79.7 Å². The molecule has 0 aromatic heterocycles. The van der Waals surface area contributed by atoms with Crippen molar-refractivity contribution in [2.24, 2.45) is 0 Å². The summed E-state index contributed by atoms with van der Waals surface area (Å²) >= 11 is 0. The van der Waals surface area contributed by atoms with Crippen molar-refractivity contribution in [2.45, 2.75) is 36.4 Å². The van der Waals surface area contributed by atoms with Crippen LogP contribution in [0.5, 0.6) is 0 Å². The van der Waals surface area contributed by atoms with Crippen LogP contribution in [0.2, 0.25) is 0 Å². The monoisotopic (exact) mass is 432 g/mol. The lowest BCUT2D eigenvalue weighted by molar-refractivity contribution is -0.427. The third-order valence-corrected chi connectivity index (χ3v) is 2.03. The topological polar surface area (TPSA) is 18.5 Å². The molecule has 26 heavy (non-hydrogen) atoms. The van der Waals surface area contributed by atoms with Crippen molar-refractivity contribution in [3.05, 3.63) is 12.0 Å². The quantitative estimate of drug-likeness (QED) is 0.398. The van der Waals surface area contributed by atoms with Gasteiger partial charge in [-0.15, -0.1) is 0 Å². The van der Waals surface area contributed by atoms with Gasteiger partial charge >= 0.3 is 48.4 Å². The van der Waals surface area contributed by atoms with Crippen molar-refractivity contribution >= 4 is 0 Å². The van der Waals surface area contributed by atoms with Crippen LogP contribution < -0.4 is 0 Å². The van der Waals surface area contributed by atoms with Crippen LogP contribution in [0, 0.1) is 0 Å². The average Bonchev–Trinajstić information content (AvgIpc) is 2.34. The predicted octanol–water partition coefficient (Wildman–Crippen LogP) is 5.67. The number of ether oxygens (including phenoxy) is 2. The van der Waals surface area contributed by atoms with Crippen LogP contribution >= 0.6 is 0 Å². The standard InChI is InChI=1S/C8F16O2/c9-1(25-7(21,22)3(11,12)5(15,16)17)2(10)26-8(23,24)4(13,14)6(18,19)20. The van der Waals surface area contributed by atoms with Gasteiger partial charge < -0.3 is 9.47 Å². The zero-order chi connectivity index (χ0) is 21.6. The minimum atomic E-state index is -7.27. The summed E-state index contributed by atoms with van der Waals surface area (Å²) < 4.78 is 197. The molecule has 0 aliphatic carbocycles. The van der Waals surface area contributed by atoms with E-state index in [9.17, 15) is 70.2 Å². The van der Waals surface area contributed by atoms with Crippen LogP contribution in [0.25, 0.3) is 0 Å². The molecular formula is C8F16O2. The molecule has 0 saturated heterocycles. The summed E-state index contributed by atoms with van der Waals surface area (Å²) in [5.41, 5.74) is 0. The van der Waals surface area contributed by atoms with Gasteiger partial charge in [0.15, 0.2) is 0 Å². The van der Waals surface area contributed by atoms with Gasteiger partial charge in [-0.1, -0.05) is 0 Å². The van der Waals surface area contributed by atoms with Gasteiger partial charge in [-0.25, -0.2) is 0 Å². The molecule has 0 amide bonds. The van der Waals surface area contributed by atoms with E-state index in [-0.39, 0.29) is 0 Å². The fraction of sp³-hybridized carbons (Fsp3) is 0.750. The van der Waals surface area contributed by atoms with Crippen molar-refractivity contribution in [1.29, 1.82) is 0 Å². The highest BCUT2D eigenvalue weighted by molar-refractivity contribution is 4.94. The van der Waals surface area contributed by atoms with E-state index in [1.54, 1.807) is 9.47 Å². The molecule has 0 unspecified atom stereocenters. The highest BCUT2D eigenvalue weighted by atomic mass is 19.4. The van der Waals surface area contributed by atoms with E-state index in [0.29, 0.717) is 0 Å². The Hall–Kier alpha value is -1.78. The molecule has 156 valence electrons. The first-order valence-corrected chi connectivity index (χ1v) is 5.09. The lowest BCUT2D eigenvalue weighted by atomic mass is 10.3. The van der Waals surface area contributed by atoms with Crippen LogP contribution in [-0.2, 0) is 9.47 Å². The van der Waals surface area contributed by atoms with E-state index in [2.05, 4.69) is 0 Å².